The van der Waals surface area contributed by atoms with Crippen LogP contribution in [0.3, 0.4) is 0 Å². The molecule has 0 fully saturated rings. The van der Waals surface area contributed by atoms with Crippen LogP contribution in [0.4, 0.5) is 13.2 Å². The maximum atomic E-state index is 13.0. The molecule has 0 N–H and O–H groups in total. The second-order valence-corrected chi connectivity index (χ2v) is 3.12. The van der Waals surface area contributed by atoms with Crippen molar-refractivity contribution in [3.63, 3.8) is 0 Å². The van der Waals surface area contributed by atoms with Crippen LogP contribution in [-0.4, -0.2) is 11.8 Å². The van der Waals surface area contributed by atoms with Crippen molar-refractivity contribution in [3.8, 4) is 0 Å². The molecule has 0 saturated heterocycles. The fourth-order valence-electron chi connectivity index (χ4n) is 1.14. The number of carbonyl (C=O) groups excluding carboxylic acids is 2. The van der Waals surface area contributed by atoms with E-state index in [1.165, 1.54) is 0 Å². The van der Waals surface area contributed by atoms with Gasteiger partial charge in [-0.05, 0) is 11.6 Å². The van der Waals surface area contributed by atoms with E-state index in [9.17, 15) is 27.9 Å². The molecule has 86 valence electrons. The standard InChI is InChI=1S/C10H7F3O3.Na/c11-7-4-9(13)8(12)2-5(7)1-6(14)3-10(15)16;/h2,4H,1,3H2,(H,15,16);/q;+1/p-1. The molecule has 0 aliphatic heterocycles. The molecule has 1 aromatic rings. The maximum absolute atomic E-state index is 13.0. The summed E-state index contributed by atoms with van der Waals surface area (Å²) in [5, 5.41) is 10.0. The van der Waals surface area contributed by atoms with Crippen molar-refractivity contribution in [2.75, 3.05) is 0 Å². The van der Waals surface area contributed by atoms with Crippen LogP contribution in [0.25, 0.3) is 0 Å². The molecule has 0 heterocycles. The summed E-state index contributed by atoms with van der Waals surface area (Å²) in [7, 11) is 0. The Bertz CT molecular complexity index is 449. The SMILES string of the molecule is O=C([O-])CC(=O)Cc1cc(F)c(F)cc1F.[Na+]. The van der Waals surface area contributed by atoms with Gasteiger partial charge in [0.25, 0.3) is 0 Å². The van der Waals surface area contributed by atoms with E-state index in [-0.39, 0.29) is 35.1 Å². The summed E-state index contributed by atoms with van der Waals surface area (Å²) in [6.45, 7) is 0. The van der Waals surface area contributed by atoms with E-state index in [0.717, 1.165) is 0 Å². The summed E-state index contributed by atoms with van der Waals surface area (Å²) >= 11 is 0. The molecule has 1 rings (SSSR count). The van der Waals surface area contributed by atoms with Gasteiger partial charge in [0.05, 0.1) is 0 Å². The van der Waals surface area contributed by atoms with Crippen molar-refractivity contribution >= 4 is 11.8 Å². The first kappa shape index (κ1) is 16.1. The predicted molar refractivity (Wildman–Crippen MR) is 44.7 cm³/mol. The monoisotopic (exact) mass is 254 g/mol. The summed E-state index contributed by atoms with van der Waals surface area (Å²) in [5.41, 5.74) is -0.384. The summed E-state index contributed by atoms with van der Waals surface area (Å²) in [6.07, 6.45) is -1.50. The Morgan fingerprint density at radius 1 is 1.06 bits per heavy atom. The van der Waals surface area contributed by atoms with E-state index >= 15 is 0 Å². The molecule has 0 aromatic heterocycles. The number of carbonyl (C=O) groups is 2. The number of carboxylic acid groups (broad SMARTS) is 1. The maximum Gasteiger partial charge on any atom is 1.00 e. The molecule has 0 spiro atoms. The Morgan fingerprint density at radius 3 is 2.12 bits per heavy atom. The molecule has 0 amide bonds. The Kier molecular flexibility index (Phi) is 6.44. The minimum Gasteiger partial charge on any atom is -0.550 e. The largest absolute Gasteiger partial charge is 1.00 e. The zero-order valence-corrected chi connectivity index (χ0v) is 10.9. The number of Topliss-reactive ketones (excluding diaryl/α,β-unsaturated/α-hetero) is 1. The molecular formula is C10H6F3NaO3. The number of halogens is 3. The molecule has 7 heteroatoms. The molecule has 17 heavy (non-hydrogen) atoms. The Balaban J connectivity index is 0.00000256. The van der Waals surface area contributed by atoms with Crippen LogP contribution < -0.4 is 34.7 Å². The van der Waals surface area contributed by atoms with E-state index in [1.807, 2.05) is 0 Å². The van der Waals surface area contributed by atoms with Gasteiger partial charge in [0.2, 0.25) is 0 Å². The molecule has 0 unspecified atom stereocenters. The van der Waals surface area contributed by atoms with Crippen molar-refractivity contribution in [3.05, 3.63) is 35.1 Å². The van der Waals surface area contributed by atoms with Gasteiger partial charge in [-0.25, -0.2) is 13.2 Å². The topological polar surface area (TPSA) is 57.2 Å². The zero-order valence-electron chi connectivity index (χ0n) is 8.93. The van der Waals surface area contributed by atoms with Crippen LogP contribution >= 0.6 is 0 Å². The molecule has 1 aromatic carbocycles. The number of benzene rings is 1. The molecule has 0 aliphatic carbocycles. The average Bonchev–Trinajstić information content (AvgIpc) is 2.12. The van der Waals surface area contributed by atoms with Crippen molar-refractivity contribution in [1.29, 1.82) is 0 Å². The van der Waals surface area contributed by atoms with Crippen molar-refractivity contribution in [2.45, 2.75) is 12.8 Å². The minimum atomic E-state index is -1.60. The summed E-state index contributed by atoms with van der Waals surface area (Å²) < 4.78 is 38.2. The van der Waals surface area contributed by atoms with Gasteiger partial charge in [0, 0.05) is 24.9 Å². The van der Waals surface area contributed by atoms with Gasteiger partial charge in [0.15, 0.2) is 11.6 Å². The average molecular weight is 254 g/mol. The van der Waals surface area contributed by atoms with Gasteiger partial charge in [-0.3, -0.25) is 4.79 Å². The van der Waals surface area contributed by atoms with E-state index in [4.69, 9.17) is 0 Å². The van der Waals surface area contributed by atoms with Crippen LogP contribution in [0.5, 0.6) is 0 Å². The quantitative estimate of drug-likeness (QED) is 0.335. The first-order valence-corrected chi connectivity index (χ1v) is 4.25. The second kappa shape index (κ2) is 6.78. The number of aliphatic carboxylic acids is 1. The second-order valence-electron chi connectivity index (χ2n) is 3.12. The van der Waals surface area contributed by atoms with Crippen molar-refractivity contribution < 1.29 is 57.4 Å². The van der Waals surface area contributed by atoms with Crippen LogP contribution in [0.15, 0.2) is 12.1 Å². The zero-order chi connectivity index (χ0) is 12.3. The van der Waals surface area contributed by atoms with E-state index in [1.54, 1.807) is 0 Å². The number of ketones is 1. The Hall–Kier alpha value is -0.850. The fourth-order valence-corrected chi connectivity index (χ4v) is 1.14. The van der Waals surface area contributed by atoms with Crippen LogP contribution in [0.1, 0.15) is 12.0 Å². The van der Waals surface area contributed by atoms with E-state index in [0.29, 0.717) is 12.1 Å². The molecule has 0 atom stereocenters. The third-order valence-corrected chi connectivity index (χ3v) is 1.82. The molecule has 0 radical (unpaired) electrons. The van der Waals surface area contributed by atoms with Crippen LogP contribution in [-0.2, 0) is 16.0 Å². The van der Waals surface area contributed by atoms with Crippen molar-refractivity contribution in [1.82, 2.24) is 0 Å². The third-order valence-electron chi connectivity index (χ3n) is 1.82. The molecular weight excluding hydrogens is 248 g/mol. The van der Waals surface area contributed by atoms with Crippen molar-refractivity contribution in [2.24, 2.45) is 0 Å². The fraction of sp³-hybridized carbons (Fsp3) is 0.200. The van der Waals surface area contributed by atoms with Gasteiger partial charge in [-0.15, -0.1) is 0 Å². The van der Waals surface area contributed by atoms with Crippen LogP contribution in [0, 0.1) is 17.5 Å². The normalized spacial score (nSPS) is 9.59. The number of hydrogen-bond acceptors (Lipinski definition) is 3. The number of carboxylic acids is 1. The first-order chi connectivity index (χ1) is 7.40. The smallest absolute Gasteiger partial charge is 0.550 e. The van der Waals surface area contributed by atoms with Crippen LogP contribution in [0.2, 0.25) is 0 Å². The van der Waals surface area contributed by atoms with Gasteiger partial charge in [0.1, 0.15) is 11.6 Å². The molecule has 3 nitrogen and oxygen atoms in total. The number of hydrogen-bond donors (Lipinski definition) is 0. The first-order valence-electron chi connectivity index (χ1n) is 4.25. The van der Waals surface area contributed by atoms with Gasteiger partial charge in [-0.2, -0.15) is 0 Å². The van der Waals surface area contributed by atoms with E-state index < -0.39 is 42.0 Å². The molecule has 0 saturated carbocycles. The summed E-state index contributed by atoms with van der Waals surface area (Å²) in [5.74, 6) is -6.20. The number of rotatable bonds is 4. The van der Waals surface area contributed by atoms with E-state index in [2.05, 4.69) is 0 Å². The third kappa shape index (κ3) is 4.89. The van der Waals surface area contributed by atoms with Gasteiger partial charge >= 0.3 is 29.6 Å². The Labute approximate surface area is 117 Å². The summed E-state index contributed by atoms with van der Waals surface area (Å²) in [6, 6.07) is 0.828. The predicted octanol–water partition coefficient (Wildman–Crippen LogP) is -2.64. The molecule has 0 aliphatic rings. The molecule has 0 bridgehead atoms. The minimum absolute atomic E-state index is 0. The van der Waals surface area contributed by atoms with Gasteiger partial charge in [-0.1, -0.05) is 0 Å². The Morgan fingerprint density at radius 2 is 1.59 bits per heavy atom. The van der Waals surface area contributed by atoms with Gasteiger partial charge < -0.3 is 9.90 Å². The summed E-state index contributed by atoms with van der Waals surface area (Å²) in [4.78, 5) is 21.0.